The number of thiophene rings is 1. The normalized spacial score (nSPS) is 19.2. The number of fused-ring (bicyclic) bond motifs is 1. The summed E-state index contributed by atoms with van der Waals surface area (Å²) in [5.41, 5.74) is 2.67. The van der Waals surface area contributed by atoms with Gasteiger partial charge in [-0.1, -0.05) is 30.3 Å². The molecule has 0 N–H and O–H groups in total. The van der Waals surface area contributed by atoms with Gasteiger partial charge < -0.3 is 0 Å². The van der Waals surface area contributed by atoms with Crippen LogP contribution in [0.5, 0.6) is 0 Å². The molecule has 0 saturated carbocycles. The second kappa shape index (κ2) is 4.93. The highest BCUT2D eigenvalue weighted by Gasteiger charge is 2.28. The van der Waals surface area contributed by atoms with Crippen LogP contribution in [-0.4, -0.2) is 18.0 Å². The van der Waals surface area contributed by atoms with Crippen LogP contribution in [0.2, 0.25) is 0 Å². The van der Waals surface area contributed by atoms with Crippen LogP contribution in [0.4, 0.5) is 0 Å². The molecule has 1 aromatic heterocycles. The van der Waals surface area contributed by atoms with Crippen molar-refractivity contribution in [2.24, 2.45) is 0 Å². The second-order valence-corrected chi connectivity index (χ2v) is 5.49. The molecule has 2 nitrogen and oxygen atoms in total. The van der Waals surface area contributed by atoms with Gasteiger partial charge in [0.1, 0.15) is 0 Å². The number of nitriles is 1. The van der Waals surface area contributed by atoms with Gasteiger partial charge in [-0.15, -0.1) is 11.3 Å². The largest absolute Gasteiger partial charge is 0.279 e. The summed E-state index contributed by atoms with van der Waals surface area (Å²) in [4.78, 5) is 3.74. The van der Waals surface area contributed by atoms with Crippen molar-refractivity contribution in [3.05, 3.63) is 57.8 Å². The van der Waals surface area contributed by atoms with Crippen LogP contribution in [0.15, 0.2) is 41.8 Å². The van der Waals surface area contributed by atoms with Gasteiger partial charge in [0, 0.05) is 11.4 Å². The van der Waals surface area contributed by atoms with E-state index in [9.17, 15) is 0 Å². The first kappa shape index (κ1) is 11.5. The van der Waals surface area contributed by atoms with Gasteiger partial charge in [0.25, 0.3) is 0 Å². The van der Waals surface area contributed by atoms with Gasteiger partial charge in [-0.05, 0) is 29.0 Å². The molecule has 2 heterocycles. The maximum Gasteiger partial charge on any atom is 0.0873 e. The molecule has 1 aromatic carbocycles. The van der Waals surface area contributed by atoms with Crippen LogP contribution in [0.3, 0.4) is 0 Å². The molecule has 0 saturated heterocycles. The van der Waals surface area contributed by atoms with E-state index in [0.717, 1.165) is 13.0 Å². The summed E-state index contributed by atoms with van der Waals surface area (Å²) in [5.74, 6) is 0. The summed E-state index contributed by atoms with van der Waals surface area (Å²) in [5, 5.41) is 11.2. The van der Waals surface area contributed by atoms with Crippen LogP contribution >= 0.6 is 11.3 Å². The van der Waals surface area contributed by atoms with Crippen molar-refractivity contribution < 1.29 is 0 Å². The zero-order chi connectivity index (χ0) is 12.4. The van der Waals surface area contributed by atoms with E-state index < -0.39 is 0 Å². The molecule has 0 bridgehead atoms. The number of rotatable bonds is 2. The monoisotopic (exact) mass is 254 g/mol. The minimum Gasteiger partial charge on any atom is -0.279 e. The maximum atomic E-state index is 8.99. The molecule has 1 aliphatic rings. The van der Waals surface area contributed by atoms with E-state index >= 15 is 0 Å². The molecule has 1 unspecified atom stereocenters. The van der Waals surface area contributed by atoms with Gasteiger partial charge in [-0.2, -0.15) is 5.26 Å². The Bertz CT molecular complexity index is 568. The van der Waals surface area contributed by atoms with Crippen LogP contribution in [-0.2, 0) is 6.42 Å². The lowest BCUT2D eigenvalue weighted by Crippen LogP contribution is -2.35. The first-order valence-corrected chi connectivity index (χ1v) is 7.00. The van der Waals surface area contributed by atoms with E-state index in [-0.39, 0.29) is 6.04 Å². The van der Waals surface area contributed by atoms with Crippen molar-refractivity contribution in [3.63, 3.8) is 0 Å². The fourth-order valence-electron chi connectivity index (χ4n) is 2.66. The molecule has 0 amide bonds. The van der Waals surface area contributed by atoms with Crippen molar-refractivity contribution in [2.45, 2.75) is 12.5 Å². The Hall–Kier alpha value is -1.63. The Morgan fingerprint density at radius 3 is 2.89 bits per heavy atom. The molecule has 1 atom stereocenters. The maximum absolute atomic E-state index is 8.99. The topological polar surface area (TPSA) is 27.0 Å². The van der Waals surface area contributed by atoms with E-state index in [4.69, 9.17) is 5.26 Å². The molecule has 18 heavy (non-hydrogen) atoms. The van der Waals surface area contributed by atoms with Crippen molar-refractivity contribution >= 4 is 11.3 Å². The molecule has 90 valence electrons. The highest BCUT2D eigenvalue weighted by atomic mass is 32.1. The third-order valence-corrected chi connectivity index (χ3v) is 4.45. The Labute approximate surface area is 111 Å². The quantitative estimate of drug-likeness (QED) is 0.769. The first-order chi connectivity index (χ1) is 8.90. The SMILES string of the molecule is N#CCN1CCc2sccc2C1c1ccccc1. The zero-order valence-corrected chi connectivity index (χ0v) is 10.9. The van der Waals surface area contributed by atoms with Crippen molar-refractivity contribution in [1.29, 1.82) is 5.26 Å². The summed E-state index contributed by atoms with van der Waals surface area (Å²) < 4.78 is 0. The van der Waals surface area contributed by atoms with Crippen molar-refractivity contribution in [1.82, 2.24) is 4.90 Å². The number of nitrogens with zero attached hydrogens (tertiary/aromatic N) is 2. The molecular formula is C15H14N2S. The Kier molecular flexibility index (Phi) is 3.14. The number of benzene rings is 1. The summed E-state index contributed by atoms with van der Waals surface area (Å²) in [6.07, 6.45) is 1.07. The Morgan fingerprint density at radius 2 is 2.11 bits per heavy atom. The molecule has 0 aliphatic carbocycles. The Balaban J connectivity index is 2.05. The molecule has 1 aliphatic heterocycles. The van der Waals surface area contributed by atoms with Gasteiger partial charge in [0.05, 0.1) is 18.7 Å². The predicted molar refractivity (Wildman–Crippen MR) is 73.5 cm³/mol. The average Bonchev–Trinajstić information content (AvgIpc) is 2.88. The van der Waals surface area contributed by atoms with Gasteiger partial charge >= 0.3 is 0 Å². The lowest BCUT2D eigenvalue weighted by Gasteiger charge is -2.34. The summed E-state index contributed by atoms with van der Waals surface area (Å²) in [6.45, 7) is 1.47. The van der Waals surface area contributed by atoms with Crippen molar-refractivity contribution in [3.8, 4) is 6.07 Å². The molecule has 2 aromatic rings. The van der Waals surface area contributed by atoms with Crippen LogP contribution < -0.4 is 0 Å². The summed E-state index contributed by atoms with van der Waals surface area (Å²) in [7, 11) is 0. The van der Waals surface area contributed by atoms with Crippen LogP contribution in [0.25, 0.3) is 0 Å². The number of hydrogen-bond acceptors (Lipinski definition) is 3. The van der Waals surface area contributed by atoms with E-state index in [1.807, 2.05) is 17.4 Å². The van der Waals surface area contributed by atoms with Crippen LogP contribution in [0, 0.1) is 11.3 Å². The van der Waals surface area contributed by atoms with E-state index in [1.54, 1.807) is 0 Å². The third-order valence-electron chi connectivity index (χ3n) is 3.45. The average molecular weight is 254 g/mol. The predicted octanol–water partition coefficient (Wildman–Crippen LogP) is 3.22. The fraction of sp³-hybridized carbons (Fsp3) is 0.267. The lowest BCUT2D eigenvalue weighted by atomic mass is 9.93. The third kappa shape index (κ3) is 1.94. The van der Waals surface area contributed by atoms with Gasteiger partial charge in [0.15, 0.2) is 0 Å². The van der Waals surface area contributed by atoms with Gasteiger partial charge in [-0.25, -0.2) is 0 Å². The summed E-state index contributed by atoms with van der Waals surface area (Å²) in [6, 6.07) is 15.2. The van der Waals surface area contributed by atoms with E-state index in [2.05, 4.69) is 46.7 Å². The molecule has 3 rings (SSSR count). The molecule has 0 spiro atoms. The molecule has 0 fully saturated rings. The Morgan fingerprint density at radius 1 is 1.28 bits per heavy atom. The lowest BCUT2D eigenvalue weighted by molar-refractivity contribution is 0.242. The molecule has 3 heteroatoms. The summed E-state index contributed by atoms with van der Waals surface area (Å²) >= 11 is 1.83. The van der Waals surface area contributed by atoms with Crippen molar-refractivity contribution in [2.75, 3.05) is 13.1 Å². The highest BCUT2D eigenvalue weighted by molar-refractivity contribution is 7.10. The number of hydrogen-bond donors (Lipinski definition) is 0. The van der Waals surface area contributed by atoms with Crippen LogP contribution in [0.1, 0.15) is 22.0 Å². The standard InChI is InChI=1S/C15H14N2S/c16-8-10-17-9-6-14-13(7-11-18-14)15(17)12-4-2-1-3-5-12/h1-5,7,11,15H,6,9-10H2. The fourth-order valence-corrected chi connectivity index (χ4v) is 3.56. The molecule has 0 radical (unpaired) electrons. The van der Waals surface area contributed by atoms with Gasteiger partial charge in [0.2, 0.25) is 0 Å². The van der Waals surface area contributed by atoms with E-state index in [0.29, 0.717) is 6.54 Å². The van der Waals surface area contributed by atoms with Gasteiger partial charge in [-0.3, -0.25) is 4.90 Å². The second-order valence-electron chi connectivity index (χ2n) is 4.49. The highest BCUT2D eigenvalue weighted by Crippen LogP contribution is 2.37. The minimum absolute atomic E-state index is 0.251. The smallest absolute Gasteiger partial charge is 0.0873 e. The zero-order valence-electron chi connectivity index (χ0n) is 10.0. The minimum atomic E-state index is 0.251. The molecular weight excluding hydrogens is 240 g/mol. The van der Waals surface area contributed by atoms with E-state index in [1.165, 1.54) is 16.0 Å². The first-order valence-electron chi connectivity index (χ1n) is 6.12.